The number of nitrogens with zero attached hydrogens (tertiary/aromatic N) is 3. The maximum Gasteiger partial charge on any atom is 0.303 e. The van der Waals surface area contributed by atoms with E-state index in [0.29, 0.717) is 13.1 Å². The highest BCUT2D eigenvalue weighted by Crippen LogP contribution is 2.22. The lowest BCUT2D eigenvalue weighted by Crippen LogP contribution is -2.59. The molecule has 0 aromatic carbocycles. The number of esters is 1. The summed E-state index contributed by atoms with van der Waals surface area (Å²) in [6.07, 6.45) is 1.77. The summed E-state index contributed by atoms with van der Waals surface area (Å²) in [6, 6.07) is 3.96. The van der Waals surface area contributed by atoms with E-state index in [1.807, 2.05) is 26.0 Å². The van der Waals surface area contributed by atoms with Gasteiger partial charge in [0.2, 0.25) is 0 Å². The topological polar surface area (TPSA) is 62.7 Å². The van der Waals surface area contributed by atoms with Crippen molar-refractivity contribution in [1.29, 1.82) is 0 Å². The fourth-order valence-corrected chi connectivity index (χ4v) is 3.03. The van der Waals surface area contributed by atoms with E-state index in [-0.39, 0.29) is 24.6 Å². The largest absolute Gasteiger partial charge is 0.456 e. The maximum absolute atomic E-state index is 12.2. The minimum atomic E-state index is -0.439. The third-order valence-electron chi connectivity index (χ3n) is 3.64. The minimum absolute atomic E-state index is 0.0252. The second-order valence-electron chi connectivity index (χ2n) is 5.52. The third-order valence-corrected chi connectivity index (χ3v) is 4.11. The molecule has 1 fully saturated rings. The molecule has 1 aromatic rings. The van der Waals surface area contributed by atoms with Crippen LogP contribution in [0, 0.1) is 0 Å². The first-order chi connectivity index (χ1) is 10.4. The zero-order valence-corrected chi connectivity index (χ0v) is 14.5. The molecule has 1 aliphatic heterocycles. The lowest BCUT2D eigenvalue weighted by molar-refractivity contribution is -0.152. The molecule has 1 saturated heterocycles. The van der Waals surface area contributed by atoms with Gasteiger partial charge in [-0.05, 0) is 41.9 Å². The van der Waals surface area contributed by atoms with Crippen molar-refractivity contribution >= 4 is 33.6 Å². The van der Waals surface area contributed by atoms with Gasteiger partial charge in [-0.25, -0.2) is 4.98 Å². The van der Waals surface area contributed by atoms with Crippen molar-refractivity contribution in [3.63, 3.8) is 0 Å². The summed E-state index contributed by atoms with van der Waals surface area (Å²) in [5.74, 6) is 0.305. The normalized spacial score (nSPS) is 21.6. The molecule has 7 heteroatoms. The molecule has 0 aliphatic carbocycles. The molecular formula is C15H20BrN3O3. The molecule has 1 amide bonds. The van der Waals surface area contributed by atoms with Crippen molar-refractivity contribution in [2.45, 2.75) is 32.9 Å². The molecule has 2 unspecified atom stereocenters. The molecule has 6 nitrogen and oxygen atoms in total. The second kappa shape index (κ2) is 7.09. The first-order valence-corrected chi connectivity index (χ1v) is 7.99. The van der Waals surface area contributed by atoms with Gasteiger partial charge in [-0.15, -0.1) is 0 Å². The number of piperazine rings is 1. The monoisotopic (exact) mass is 369 g/mol. The highest BCUT2D eigenvalue weighted by Gasteiger charge is 2.33. The lowest BCUT2D eigenvalue weighted by Gasteiger charge is -2.44. The standard InChI is InChI=1S/C15H20BrN3O3/c1-10-7-18(14-5-4-13(16)6-17-14)8-11(2)19(10)15(21)9-22-12(3)20/h4-6,10-11H,7-9H2,1-3H3. The Morgan fingerprint density at radius 1 is 1.32 bits per heavy atom. The highest BCUT2D eigenvalue weighted by atomic mass is 79.9. The van der Waals surface area contributed by atoms with E-state index in [4.69, 9.17) is 4.74 Å². The van der Waals surface area contributed by atoms with Gasteiger partial charge < -0.3 is 14.5 Å². The van der Waals surface area contributed by atoms with Crippen molar-refractivity contribution in [2.24, 2.45) is 0 Å². The summed E-state index contributed by atoms with van der Waals surface area (Å²) in [5, 5.41) is 0. The Kier molecular flexibility index (Phi) is 5.39. The van der Waals surface area contributed by atoms with E-state index in [1.54, 1.807) is 11.1 Å². The number of anilines is 1. The van der Waals surface area contributed by atoms with Crippen LogP contribution in [-0.4, -0.2) is 53.5 Å². The number of rotatable bonds is 3. The number of aromatic nitrogens is 1. The Morgan fingerprint density at radius 2 is 1.95 bits per heavy atom. The number of carbonyl (C=O) groups excluding carboxylic acids is 2. The van der Waals surface area contributed by atoms with Crippen LogP contribution in [0.5, 0.6) is 0 Å². The zero-order chi connectivity index (χ0) is 16.3. The molecule has 22 heavy (non-hydrogen) atoms. The molecule has 0 saturated carbocycles. The molecule has 2 rings (SSSR count). The lowest BCUT2D eigenvalue weighted by atomic mass is 10.1. The number of halogens is 1. The Labute approximate surface area is 138 Å². The van der Waals surface area contributed by atoms with E-state index >= 15 is 0 Å². The molecule has 2 atom stereocenters. The summed E-state index contributed by atoms with van der Waals surface area (Å²) in [5.41, 5.74) is 0. The van der Waals surface area contributed by atoms with Crippen molar-refractivity contribution in [3.05, 3.63) is 22.8 Å². The predicted molar refractivity (Wildman–Crippen MR) is 86.6 cm³/mol. The number of amides is 1. The number of hydrogen-bond donors (Lipinski definition) is 0. The van der Waals surface area contributed by atoms with Crippen LogP contribution in [0.1, 0.15) is 20.8 Å². The van der Waals surface area contributed by atoms with Gasteiger partial charge in [0.25, 0.3) is 5.91 Å². The summed E-state index contributed by atoms with van der Waals surface area (Å²) in [4.78, 5) is 31.4. The van der Waals surface area contributed by atoms with Gasteiger partial charge in [-0.2, -0.15) is 0 Å². The van der Waals surface area contributed by atoms with Crippen LogP contribution in [0.4, 0.5) is 5.82 Å². The van der Waals surface area contributed by atoms with Crippen molar-refractivity contribution in [3.8, 4) is 0 Å². The molecular weight excluding hydrogens is 350 g/mol. The van der Waals surface area contributed by atoms with Crippen LogP contribution in [0.3, 0.4) is 0 Å². The molecule has 1 aliphatic rings. The van der Waals surface area contributed by atoms with Gasteiger partial charge in [0.1, 0.15) is 5.82 Å². The molecule has 1 aromatic heterocycles. The number of ether oxygens (including phenoxy) is 1. The summed E-state index contributed by atoms with van der Waals surface area (Å²) < 4.78 is 5.75. The molecule has 0 bridgehead atoms. The molecule has 0 N–H and O–H groups in total. The summed E-state index contributed by atoms with van der Waals surface area (Å²) in [7, 11) is 0. The molecule has 0 spiro atoms. The van der Waals surface area contributed by atoms with E-state index < -0.39 is 5.97 Å². The fourth-order valence-electron chi connectivity index (χ4n) is 2.79. The number of carbonyl (C=O) groups is 2. The van der Waals surface area contributed by atoms with Crippen LogP contribution < -0.4 is 4.90 Å². The SMILES string of the molecule is CC(=O)OCC(=O)N1C(C)CN(c2ccc(Br)cn2)CC1C. The summed E-state index contributed by atoms with van der Waals surface area (Å²) in [6.45, 7) is 6.49. The Balaban J connectivity index is 2.03. The van der Waals surface area contributed by atoms with Crippen LogP contribution in [0.2, 0.25) is 0 Å². The van der Waals surface area contributed by atoms with Crippen LogP contribution in [0.15, 0.2) is 22.8 Å². The first kappa shape index (κ1) is 16.7. The number of pyridine rings is 1. The minimum Gasteiger partial charge on any atom is -0.456 e. The van der Waals surface area contributed by atoms with Gasteiger partial charge >= 0.3 is 5.97 Å². The molecule has 2 heterocycles. The van der Waals surface area contributed by atoms with E-state index in [2.05, 4.69) is 25.8 Å². The molecule has 120 valence electrons. The smallest absolute Gasteiger partial charge is 0.303 e. The van der Waals surface area contributed by atoms with Crippen LogP contribution in [-0.2, 0) is 14.3 Å². The maximum atomic E-state index is 12.2. The van der Waals surface area contributed by atoms with Gasteiger partial charge in [-0.3, -0.25) is 9.59 Å². The van der Waals surface area contributed by atoms with Gasteiger partial charge in [-0.1, -0.05) is 0 Å². The van der Waals surface area contributed by atoms with Crippen molar-refractivity contribution in [1.82, 2.24) is 9.88 Å². The average molecular weight is 370 g/mol. The van der Waals surface area contributed by atoms with Crippen molar-refractivity contribution in [2.75, 3.05) is 24.6 Å². The van der Waals surface area contributed by atoms with E-state index in [1.165, 1.54) is 6.92 Å². The quantitative estimate of drug-likeness (QED) is 0.760. The number of hydrogen-bond acceptors (Lipinski definition) is 5. The van der Waals surface area contributed by atoms with E-state index in [9.17, 15) is 9.59 Å². The highest BCUT2D eigenvalue weighted by molar-refractivity contribution is 9.10. The van der Waals surface area contributed by atoms with Gasteiger partial charge in [0, 0.05) is 42.8 Å². The predicted octanol–water partition coefficient (Wildman–Crippen LogP) is 1.83. The Morgan fingerprint density at radius 3 is 2.45 bits per heavy atom. The summed E-state index contributed by atoms with van der Waals surface area (Å²) >= 11 is 3.38. The van der Waals surface area contributed by atoms with Crippen molar-refractivity contribution < 1.29 is 14.3 Å². The van der Waals surface area contributed by atoms with Gasteiger partial charge in [0.05, 0.1) is 0 Å². The van der Waals surface area contributed by atoms with Crippen LogP contribution >= 0.6 is 15.9 Å². The molecule has 0 radical (unpaired) electrons. The van der Waals surface area contributed by atoms with Crippen LogP contribution in [0.25, 0.3) is 0 Å². The zero-order valence-electron chi connectivity index (χ0n) is 13.0. The second-order valence-corrected chi connectivity index (χ2v) is 6.43. The first-order valence-electron chi connectivity index (χ1n) is 7.19. The van der Waals surface area contributed by atoms with Gasteiger partial charge in [0.15, 0.2) is 6.61 Å². The van der Waals surface area contributed by atoms with E-state index in [0.717, 1.165) is 10.3 Å². The average Bonchev–Trinajstić information content (AvgIpc) is 2.45. The Bertz CT molecular complexity index is 537. The Hall–Kier alpha value is -1.63. The third kappa shape index (κ3) is 3.97. The fraction of sp³-hybridized carbons (Fsp3) is 0.533.